The SMILES string of the molecule is CCOC(=O)c1sc(N(C(=O)c2ccc(Cl)c([N+](=O)[O-])c2)C2CC2)nc1C. The van der Waals surface area contributed by atoms with Crippen LogP contribution < -0.4 is 4.90 Å². The first-order chi connectivity index (χ1) is 12.8. The summed E-state index contributed by atoms with van der Waals surface area (Å²) in [5, 5.41) is 11.4. The molecule has 0 aliphatic heterocycles. The average Bonchev–Trinajstić information content (AvgIpc) is 3.37. The Hall–Kier alpha value is -2.52. The second kappa shape index (κ2) is 7.61. The van der Waals surface area contributed by atoms with Crippen molar-refractivity contribution in [2.45, 2.75) is 32.7 Å². The topological polar surface area (TPSA) is 103 Å². The molecule has 3 rings (SSSR count). The minimum Gasteiger partial charge on any atom is -0.462 e. The van der Waals surface area contributed by atoms with E-state index in [1.54, 1.807) is 13.8 Å². The van der Waals surface area contributed by atoms with Crippen molar-refractivity contribution >= 4 is 45.6 Å². The molecule has 0 radical (unpaired) electrons. The lowest BCUT2D eigenvalue weighted by Crippen LogP contribution is -2.33. The van der Waals surface area contributed by atoms with E-state index >= 15 is 0 Å². The fraction of sp³-hybridized carbons (Fsp3) is 0.353. The quantitative estimate of drug-likeness (QED) is 0.406. The summed E-state index contributed by atoms with van der Waals surface area (Å²) in [7, 11) is 0. The molecule has 0 saturated heterocycles. The van der Waals surface area contributed by atoms with Gasteiger partial charge in [0, 0.05) is 17.7 Å². The van der Waals surface area contributed by atoms with Crippen LogP contribution >= 0.6 is 22.9 Å². The maximum Gasteiger partial charge on any atom is 0.350 e. The molecule has 0 N–H and O–H groups in total. The number of carbonyl (C=O) groups is 2. The van der Waals surface area contributed by atoms with Crippen molar-refractivity contribution in [2.75, 3.05) is 11.5 Å². The molecular formula is C17H16ClN3O5S. The molecule has 27 heavy (non-hydrogen) atoms. The van der Waals surface area contributed by atoms with E-state index in [2.05, 4.69) is 4.98 Å². The third-order valence-electron chi connectivity index (χ3n) is 3.97. The van der Waals surface area contributed by atoms with E-state index in [-0.39, 0.29) is 28.9 Å². The predicted octanol–water partition coefficient (Wildman–Crippen LogP) is 4.00. The Morgan fingerprint density at radius 3 is 2.74 bits per heavy atom. The number of amides is 1. The Balaban J connectivity index is 1.96. The summed E-state index contributed by atoms with van der Waals surface area (Å²) in [5.74, 6) is -0.898. The van der Waals surface area contributed by atoms with Gasteiger partial charge in [-0.2, -0.15) is 0 Å². The second-order valence-corrected chi connectivity index (χ2v) is 7.35. The van der Waals surface area contributed by atoms with E-state index in [0.717, 1.165) is 30.2 Å². The molecular weight excluding hydrogens is 394 g/mol. The average molecular weight is 410 g/mol. The van der Waals surface area contributed by atoms with Gasteiger partial charge >= 0.3 is 5.97 Å². The van der Waals surface area contributed by atoms with Crippen LogP contribution in [0.25, 0.3) is 0 Å². The van der Waals surface area contributed by atoms with E-state index in [0.29, 0.717) is 15.7 Å². The van der Waals surface area contributed by atoms with Crippen LogP contribution in [0.4, 0.5) is 10.8 Å². The highest BCUT2D eigenvalue weighted by atomic mass is 35.5. The molecule has 142 valence electrons. The predicted molar refractivity (Wildman–Crippen MR) is 101 cm³/mol. The molecule has 0 bridgehead atoms. The van der Waals surface area contributed by atoms with Crippen LogP contribution in [0, 0.1) is 17.0 Å². The van der Waals surface area contributed by atoms with Crippen LogP contribution in [0.15, 0.2) is 18.2 Å². The Kier molecular flexibility index (Phi) is 5.43. The van der Waals surface area contributed by atoms with Gasteiger partial charge in [0.2, 0.25) is 0 Å². The molecule has 1 amide bonds. The normalized spacial score (nSPS) is 13.3. The first-order valence-corrected chi connectivity index (χ1v) is 9.45. The molecule has 0 unspecified atom stereocenters. The molecule has 2 aromatic rings. The summed E-state index contributed by atoms with van der Waals surface area (Å²) in [6.07, 6.45) is 1.60. The van der Waals surface area contributed by atoms with Gasteiger partial charge in [0.25, 0.3) is 11.6 Å². The lowest BCUT2D eigenvalue weighted by Gasteiger charge is -2.19. The number of thiazole rings is 1. The number of aromatic nitrogens is 1. The van der Waals surface area contributed by atoms with Gasteiger partial charge in [-0.1, -0.05) is 22.9 Å². The first kappa shape index (κ1) is 19.2. The van der Waals surface area contributed by atoms with Gasteiger partial charge in [0.15, 0.2) is 5.13 Å². The van der Waals surface area contributed by atoms with Gasteiger partial charge in [-0.25, -0.2) is 9.78 Å². The summed E-state index contributed by atoms with van der Waals surface area (Å²) in [6.45, 7) is 3.63. The van der Waals surface area contributed by atoms with Crippen molar-refractivity contribution < 1.29 is 19.2 Å². The zero-order valence-corrected chi connectivity index (χ0v) is 16.2. The van der Waals surface area contributed by atoms with E-state index in [4.69, 9.17) is 16.3 Å². The highest BCUT2D eigenvalue weighted by Crippen LogP contribution is 2.37. The fourth-order valence-electron chi connectivity index (χ4n) is 2.54. The van der Waals surface area contributed by atoms with Crippen molar-refractivity contribution in [3.05, 3.63) is 49.5 Å². The molecule has 1 aliphatic carbocycles. The zero-order chi connectivity index (χ0) is 19.7. The Morgan fingerprint density at radius 2 is 2.15 bits per heavy atom. The number of hydrogen-bond acceptors (Lipinski definition) is 7. The van der Waals surface area contributed by atoms with Gasteiger partial charge < -0.3 is 4.74 Å². The van der Waals surface area contributed by atoms with Crippen molar-refractivity contribution in [2.24, 2.45) is 0 Å². The summed E-state index contributed by atoms with van der Waals surface area (Å²) < 4.78 is 5.02. The van der Waals surface area contributed by atoms with E-state index < -0.39 is 16.8 Å². The van der Waals surface area contributed by atoms with Crippen LogP contribution in [-0.4, -0.2) is 34.4 Å². The minimum absolute atomic E-state index is 0.0378. The number of nitro groups is 1. The lowest BCUT2D eigenvalue weighted by molar-refractivity contribution is -0.384. The number of nitro benzene ring substituents is 1. The fourth-order valence-corrected chi connectivity index (χ4v) is 3.76. The number of hydrogen-bond donors (Lipinski definition) is 0. The smallest absolute Gasteiger partial charge is 0.350 e. The maximum absolute atomic E-state index is 13.0. The van der Waals surface area contributed by atoms with Gasteiger partial charge in [0.1, 0.15) is 9.90 Å². The Bertz CT molecular complexity index is 925. The summed E-state index contributed by atoms with van der Waals surface area (Å²) in [4.78, 5) is 41.7. The Labute approximate surface area is 163 Å². The highest BCUT2D eigenvalue weighted by molar-refractivity contribution is 7.17. The molecule has 0 atom stereocenters. The number of benzene rings is 1. The summed E-state index contributed by atoms with van der Waals surface area (Å²) in [6, 6.07) is 3.88. The number of aryl methyl sites for hydroxylation is 1. The number of halogens is 1. The molecule has 1 aromatic heterocycles. The van der Waals surface area contributed by atoms with Crippen molar-refractivity contribution in [3.63, 3.8) is 0 Å². The van der Waals surface area contributed by atoms with Crippen molar-refractivity contribution in [1.82, 2.24) is 4.98 Å². The number of nitrogens with zero attached hydrogens (tertiary/aromatic N) is 3. The van der Waals surface area contributed by atoms with Crippen LogP contribution in [0.5, 0.6) is 0 Å². The summed E-state index contributed by atoms with van der Waals surface area (Å²) in [5.41, 5.74) is 0.290. The number of rotatable bonds is 6. The maximum atomic E-state index is 13.0. The third kappa shape index (κ3) is 3.93. The van der Waals surface area contributed by atoms with Gasteiger partial charge in [0.05, 0.1) is 17.2 Å². The van der Waals surface area contributed by atoms with Crippen LogP contribution in [0.3, 0.4) is 0 Å². The summed E-state index contributed by atoms with van der Waals surface area (Å²) >= 11 is 6.91. The van der Waals surface area contributed by atoms with Gasteiger partial charge in [-0.15, -0.1) is 0 Å². The molecule has 10 heteroatoms. The molecule has 1 aliphatic rings. The van der Waals surface area contributed by atoms with Crippen molar-refractivity contribution in [1.29, 1.82) is 0 Å². The molecule has 1 fully saturated rings. The first-order valence-electron chi connectivity index (χ1n) is 8.25. The number of ether oxygens (including phenoxy) is 1. The van der Waals surface area contributed by atoms with Crippen LogP contribution in [0.1, 0.15) is 45.5 Å². The van der Waals surface area contributed by atoms with E-state index in [1.165, 1.54) is 17.0 Å². The third-order valence-corrected chi connectivity index (χ3v) is 5.43. The largest absolute Gasteiger partial charge is 0.462 e. The number of esters is 1. The zero-order valence-electron chi connectivity index (χ0n) is 14.6. The molecule has 1 aromatic carbocycles. The number of anilines is 1. The molecule has 1 saturated carbocycles. The van der Waals surface area contributed by atoms with Gasteiger partial charge in [-0.05, 0) is 38.8 Å². The molecule has 0 spiro atoms. The standard InChI is InChI=1S/C17H16ClN3O5S/c1-3-26-16(23)14-9(2)19-17(27-14)20(11-5-6-11)15(22)10-4-7-12(18)13(8-10)21(24)25/h4,7-8,11H,3,5-6H2,1-2H3. The lowest BCUT2D eigenvalue weighted by atomic mass is 10.1. The highest BCUT2D eigenvalue weighted by Gasteiger charge is 2.37. The molecule has 1 heterocycles. The second-order valence-electron chi connectivity index (χ2n) is 5.96. The van der Waals surface area contributed by atoms with E-state index in [9.17, 15) is 19.7 Å². The van der Waals surface area contributed by atoms with Crippen LogP contribution in [-0.2, 0) is 4.74 Å². The van der Waals surface area contributed by atoms with E-state index in [1.807, 2.05) is 0 Å². The Morgan fingerprint density at radius 1 is 1.44 bits per heavy atom. The minimum atomic E-state index is -0.632. The molecule has 8 nitrogen and oxygen atoms in total. The van der Waals surface area contributed by atoms with Crippen molar-refractivity contribution in [3.8, 4) is 0 Å². The van der Waals surface area contributed by atoms with Crippen LogP contribution in [0.2, 0.25) is 5.02 Å². The van der Waals surface area contributed by atoms with Gasteiger partial charge in [-0.3, -0.25) is 19.8 Å². The monoisotopic (exact) mass is 409 g/mol. The number of carbonyl (C=O) groups excluding carboxylic acids is 2.